The summed E-state index contributed by atoms with van der Waals surface area (Å²) < 4.78 is 0.773. The predicted molar refractivity (Wildman–Crippen MR) is 61.7 cm³/mol. The molecule has 1 aromatic rings. The topological polar surface area (TPSA) is 69.2 Å². The monoisotopic (exact) mass is 284 g/mol. The molecule has 0 radical (unpaired) electrons. The van der Waals surface area contributed by atoms with E-state index in [4.69, 9.17) is 0 Å². The Kier molecular flexibility index (Phi) is 4.49. The summed E-state index contributed by atoms with van der Waals surface area (Å²) in [6.45, 7) is 1.94. The predicted octanol–water partition coefficient (Wildman–Crippen LogP) is 1.23. The summed E-state index contributed by atoms with van der Waals surface area (Å²) in [5.41, 5.74) is 1.70. The third-order valence-electron chi connectivity index (χ3n) is 1.95. The number of carbonyl (C=O) groups is 2. The fraction of sp³-hybridized carbons (Fsp3) is 0.273. The van der Waals surface area contributed by atoms with Crippen molar-refractivity contribution in [2.24, 2.45) is 0 Å². The maximum atomic E-state index is 11.3. The number of benzene rings is 1. The second-order valence-electron chi connectivity index (χ2n) is 3.40. The molecule has 0 spiro atoms. The number of halogens is 1. The Labute approximate surface area is 102 Å². The van der Waals surface area contributed by atoms with Crippen LogP contribution in [0, 0.1) is 6.92 Å². The molecule has 1 amide bonds. The number of aryl methyl sites for hydroxylation is 1. The van der Waals surface area contributed by atoms with E-state index in [9.17, 15) is 14.7 Å². The van der Waals surface area contributed by atoms with Gasteiger partial charge < -0.3 is 15.2 Å². The Bertz CT molecular complexity index is 418. The number of carbonyl (C=O) groups excluding carboxylic acids is 2. The molecule has 0 aliphatic heterocycles. The van der Waals surface area contributed by atoms with Crippen molar-refractivity contribution in [1.82, 2.24) is 0 Å². The number of carboxylic acids is 1. The van der Waals surface area contributed by atoms with Crippen molar-refractivity contribution in [3.63, 3.8) is 0 Å². The molecule has 0 aliphatic rings. The van der Waals surface area contributed by atoms with Crippen LogP contribution >= 0.6 is 15.9 Å². The van der Waals surface area contributed by atoms with E-state index in [1.807, 2.05) is 19.1 Å². The lowest BCUT2D eigenvalue weighted by atomic mass is 10.2. The first-order chi connectivity index (χ1) is 7.49. The number of rotatable bonds is 4. The molecule has 0 unspecified atom stereocenters. The van der Waals surface area contributed by atoms with E-state index in [0.29, 0.717) is 5.69 Å². The van der Waals surface area contributed by atoms with Crippen LogP contribution in [0.4, 0.5) is 5.69 Å². The summed E-state index contributed by atoms with van der Waals surface area (Å²) in [5.74, 6) is -1.56. The van der Waals surface area contributed by atoms with Crippen molar-refractivity contribution in [2.75, 3.05) is 5.32 Å². The van der Waals surface area contributed by atoms with Gasteiger partial charge in [0.2, 0.25) is 5.91 Å². The lowest BCUT2D eigenvalue weighted by Gasteiger charge is -2.08. The molecule has 0 heterocycles. The Balaban J connectivity index is 2.59. The van der Waals surface area contributed by atoms with Gasteiger partial charge in [-0.3, -0.25) is 4.79 Å². The summed E-state index contributed by atoms with van der Waals surface area (Å²) in [7, 11) is 0. The van der Waals surface area contributed by atoms with Crippen LogP contribution in [0.5, 0.6) is 0 Å². The highest BCUT2D eigenvalue weighted by Crippen LogP contribution is 2.23. The standard InChI is InChI=1S/C11H12BrNO3/c1-7-2-3-9(8(12)6-7)13-10(14)4-5-11(15)16/h2-3,6H,4-5H2,1H3,(H,13,14)(H,15,16)/p-1. The Morgan fingerprint density at radius 3 is 2.62 bits per heavy atom. The van der Waals surface area contributed by atoms with Crippen molar-refractivity contribution < 1.29 is 14.7 Å². The van der Waals surface area contributed by atoms with Crippen LogP contribution < -0.4 is 10.4 Å². The summed E-state index contributed by atoms with van der Waals surface area (Å²) in [4.78, 5) is 21.5. The largest absolute Gasteiger partial charge is 0.550 e. The second kappa shape index (κ2) is 5.65. The molecular weight excluding hydrogens is 274 g/mol. The Morgan fingerprint density at radius 2 is 2.06 bits per heavy atom. The van der Waals surface area contributed by atoms with E-state index in [1.54, 1.807) is 6.07 Å². The molecule has 0 saturated heterocycles. The molecule has 5 heteroatoms. The zero-order valence-corrected chi connectivity index (χ0v) is 10.3. The average Bonchev–Trinajstić information content (AvgIpc) is 2.19. The van der Waals surface area contributed by atoms with Crippen molar-refractivity contribution in [2.45, 2.75) is 19.8 Å². The fourth-order valence-corrected chi connectivity index (χ4v) is 1.74. The van der Waals surface area contributed by atoms with Gasteiger partial charge in [-0.15, -0.1) is 0 Å². The van der Waals surface area contributed by atoms with Gasteiger partial charge in [0.25, 0.3) is 0 Å². The highest BCUT2D eigenvalue weighted by Gasteiger charge is 2.05. The third-order valence-corrected chi connectivity index (χ3v) is 2.61. The van der Waals surface area contributed by atoms with Crippen LogP contribution in [0.25, 0.3) is 0 Å². The van der Waals surface area contributed by atoms with E-state index in [-0.39, 0.29) is 18.7 Å². The highest BCUT2D eigenvalue weighted by atomic mass is 79.9. The van der Waals surface area contributed by atoms with E-state index < -0.39 is 5.97 Å². The van der Waals surface area contributed by atoms with Crippen molar-refractivity contribution in [1.29, 1.82) is 0 Å². The van der Waals surface area contributed by atoms with E-state index in [1.165, 1.54) is 0 Å². The minimum absolute atomic E-state index is 0.0807. The van der Waals surface area contributed by atoms with Crippen molar-refractivity contribution in [3.05, 3.63) is 28.2 Å². The smallest absolute Gasteiger partial charge is 0.224 e. The van der Waals surface area contributed by atoms with Crippen molar-refractivity contribution >= 4 is 33.5 Å². The maximum absolute atomic E-state index is 11.3. The second-order valence-corrected chi connectivity index (χ2v) is 4.26. The number of anilines is 1. The van der Waals surface area contributed by atoms with Crippen LogP contribution in [0.2, 0.25) is 0 Å². The first-order valence-corrected chi connectivity index (χ1v) is 5.54. The number of hydrogen-bond donors (Lipinski definition) is 1. The minimum atomic E-state index is -1.22. The molecule has 0 atom stereocenters. The SMILES string of the molecule is Cc1ccc(NC(=O)CCC(=O)[O-])c(Br)c1. The lowest BCUT2D eigenvalue weighted by Crippen LogP contribution is -2.24. The Morgan fingerprint density at radius 1 is 1.38 bits per heavy atom. The minimum Gasteiger partial charge on any atom is -0.550 e. The van der Waals surface area contributed by atoms with Crippen LogP contribution in [0.15, 0.2) is 22.7 Å². The van der Waals surface area contributed by atoms with E-state index in [2.05, 4.69) is 21.2 Å². The van der Waals surface area contributed by atoms with E-state index in [0.717, 1.165) is 10.0 Å². The summed E-state index contributed by atoms with van der Waals surface area (Å²) in [5, 5.41) is 12.8. The molecule has 0 saturated carbocycles. The van der Waals surface area contributed by atoms with Gasteiger partial charge in [-0.2, -0.15) is 0 Å². The van der Waals surface area contributed by atoms with Gasteiger partial charge >= 0.3 is 0 Å². The normalized spacial score (nSPS) is 9.88. The van der Waals surface area contributed by atoms with Gasteiger partial charge in [-0.05, 0) is 47.0 Å². The number of hydrogen-bond acceptors (Lipinski definition) is 3. The summed E-state index contributed by atoms with van der Waals surface area (Å²) in [6.07, 6.45) is -0.349. The number of aliphatic carboxylic acids is 1. The number of carboxylic acid groups (broad SMARTS) is 1. The lowest BCUT2D eigenvalue weighted by molar-refractivity contribution is -0.305. The molecule has 0 aromatic heterocycles. The van der Waals surface area contributed by atoms with Crippen LogP contribution in [-0.2, 0) is 9.59 Å². The molecule has 0 bridgehead atoms. The van der Waals surface area contributed by atoms with Gasteiger partial charge in [0.15, 0.2) is 0 Å². The van der Waals surface area contributed by atoms with Crippen LogP contribution in [-0.4, -0.2) is 11.9 Å². The van der Waals surface area contributed by atoms with Gasteiger partial charge in [-0.25, -0.2) is 0 Å². The fourth-order valence-electron chi connectivity index (χ4n) is 1.15. The van der Waals surface area contributed by atoms with Crippen LogP contribution in [0.3, 0.4) is 0 Å². The van der Waals surface area contributed by atoms with Gasteiger partial charge in [-0.1, -0.05) is 6.07 Å². The number of amides is 1. The van der Waals surface area contributed by atoms with Gasteiger partial charge in [0, 0.05) is 16.9 Å². The molecular formula is C11H11BrNO3-. The first-order valence-electron chi connectivity index (χ1n) is 4.75. The van der Waals surface area contributed by atoms with Gasteiger partial charge in [0.05, 0.1) is 5.69 Å². The zero-order valence-electron chi connectivity index (χ0n) is 8.75. The van der Waals surface area contributed by atoms with Crippen molar-refractivity contribution in [3.8, 4) is 0 Å². The van der Waals surface area contributed by atoms with Gasteiger partial charge in [0.1, 0.15) is 0 Å². The Hall–Kier alpha value is -1.36. The average molecular weight is 285 g/mol. The summed E-state index contributed by atoms with van der Waals surface area (Å²) >= 11 is 3.31. The number of nitrogens with one attached hydrogen (secondary N) is 1. The molecule has 1 aromatic carbocycles. The molecule has 4 nitrogen and oxygen atoms in total. The third kappa shape index (κ3) is 4.02. The molecule has 16 heavy (non-hydrogen) atoms. The first kappa shape index (κ1) is 12.7. The van der Waals surface area contributed by atoms with Crippen LogP contribution in [0.1, 0.15) is 18.4 Å². The highest BCUT2D eigenvalue weighted by molar-refractivity contribution is 9.10. The maximum Gasteiger partial charge on any atom is 0.224 e. The molecule has 86 valence electrons. The van der Waals surface area contributed by atoms with E-state index >= 15 is 0 Å². The molecule has 1 rings (SSSR count). The summed E-state index contributed by atoms with van der Waals surface area (Å²) in [6, 6.07) is 5.49. The quantitative estimate of drug-likeness (QED) is 0.904. The molecule has 0 fully saturated rings. The molecule has 0 aliphatic carbocycles. The zero-order chi connectivity index (χ0) is 12.1. The molecule has 1 N–H and O–H groups in total.